The van der Waals surface area contributed by atoms with Crippen molar-refractivity contribution in [2.45, 2.75) is 58.4 Å². The highest BCUT2D eigenvalue weighted by Crippen LogP contribution is 2.33. The van der Waals surface area contributed by atoms with Crippen LogP contribution in [0.25, 0.3) is 0 Å². The van der Waals surface area contributed by atoms with E-state index >= 15 is 0 Å². The summed E-state index contributed by atoms with van der Waals surface area (Å²) in [5.41, 5.74) is 6.08. The van der Waals surface area contributed by atoms with E-state index in [0.717, 1.165) is 24.3 Å². The van der Waals surface area contributed by atoms with E-state index in [0.29, 0.717) is 6.04 Å². The predicted octanol–water partition coefficient (Wildman–Crippen LogP) is 2.87. The SMILES string of the molecule is CC1CCCC(C(CN)N2CCCC(C)C2)C1. The lowest BCUT2D eigenvalue weighted by Crippen LogP contribution is -2.50. The topological polar surface area (TPSA) is 29.3 Å². The van der Waals surface area contributed by atoms with Crippen LogP contribution in [0.2, 0.25) is 0 Å². The van der Waals surface area contributed by atoms with Gasteiger partial charge >= 0.3 is 0 Å². The van der Waals surface area contributed by atoms with E-state index in [1.54, 1.807) is 0 Å². The maximum atomic E-state index is 6.08. The lowest BCUT2D eigenvalue weighted by molar-refractivity contribution is 0.0718. The molecule has 1 saturated heterocycles. The molecule has 0 aromatic rings. The zero-order valence-corrected chi connectivity index (χ0v) is 11.7. The van der Waals surface area contributed by atoms with Crippen LogP contribution >= 0.6 is 0 Å². The van der Waals surface area contributed by atoms with E-state index < -0.39 is 0 Å². The Balaban J connectivity index is 1.94. The zero-order chi connectivity index (χ0) is 12.3. The summed E-state index contributed by atoms with van der Waals surface area (Å²) in [6.45, 7) is 8.25. The van der Waals surface area contributed by atoms with E-state index in [9.17, 15) is 0 Å². The molecule has 2 aliphatic rings. The van der Waals surface area contributed by atoms with E-state index in [2.05, 4.69) is 18.7 Å². The van der Waals surface area contributed by atoms with Crippen LogP contribution in [0.4, 0.5) is 0 Å². The van der Waals surface area contributed by atoms with E-state index in [1.807, 2.05) is 0 Å². The third-order valence-electron chi connectivity index (χ3n) is 4.92. The van der Waals surface area contributed by atoms with Gasteiger partial charge in [0, 0.05) is 19.1 Å². The van der Waals surface area contributed by atoms with Gasteiger partial charge in [-0.05, 0) is 50.0 Å². The molecule has 2 N–H and O–H groups in total. The molecule has 0 spiro atoms. The van der Waals surface area contributed by atoms with Gasteiger partial charge in [-0.25, -0.2) is 0 Å². The molecule has 1 aliphatic carbocycles. The van der Waals surface area contributed by atoms with E-state index in [-0.39, 0.29) is 0 Å². The highest BCUT2D eigenvalue weighted by molar-refractivity contribution is 4.86. The molecule has 2 nitrogen and oxygen atoms in total. The van der Waals surface area contributed by atoms with Gasteiger partial charge in [-0.15, -0.1) is 0 Å². The highest BCUT2D eigenvalue weighted by atomic mass is 15.2. The average Bonchev–Trinajstić information content (AvgIpc) is 2.30. The Morgan fingerprint density at radius 3 is 2.53 bits per heavy atom. The molecular weight excluding hydrogens is 208 g/mol. The fraction of sp³-hybridized carbons (Fsp3) is 1.00. The smallest absolute Gasteiger partial charge is 0.0246 e. The lowest BCUT2D eigenvalue weighted by Gasteiger charge is -2.43. The summed E-state index contributed by atoms with van der Waals surface area (Å²) < 4.78 is 0. The Morgan fingerprint density at radius 1 is 1.12 bits per heavy atom. The van der Waals surface area contributed by atoms with Crippen molar-refractivity contribution in [3.05, 3.63) is 0 Å². The first-order valence-corrected chi connectivity index (χ1v) is 7.64. The lowest BCUT2D eigenvalue weighted by atomic mass is 9.77. The second-order valence-electron chi connectivity index (χ2n) is 6.58. The maximum Gasteiger partial charge on any atom is 0.0246 e. The summed E-state index contributed by atoms with van der Waals surface area (Å²) in [4.78, 5) is 2.71. The van der Waals surface area contributed by atoms with Gasteiger partial charge in [-0.2, -0.15) is 0 Å². The summed E-state index contributed by atoms with van der Waals surface area (Å²) in [7, 11) is 0. The summed E-state index contributed by atoms with van der Waals surface area (Å²) in [5, 5.41) is 0. The molecule has 2 fully saturated rings. The number of nitrogens with zero attached hydrogens (tertiary/aromatic N) is 1. The Labute approximate surface area is 107 Å². The van der Waals surface area contributed by atoms with Gasteiger partial charge < -0.3 is 5.73 Å². The quantitative estimate of drug-likeness (QED) is 0.819. The number of piperidine rings is 1. The van der Waals surface area contributed by atoms with Crippen LogP contribution in [0.15, 0.2) is 0 Å². The minimum absolute atomic E-state index is 0.667. The van der Waals surface area contributed by atoms with Crippen molar-refractivity contribution in [3.8, 4) is 0 Å². The molecule has 1 saturated carbocycles. The van der Waals surface area contributed by atoms with Crippen LogP contribution in [-0.4, -0.2) is 30.6 Å². The fourth-order valence-corrected chi connectivity index (χ4v) is 4.00. The van der Waals surface area contributed by atoms with Crippen LogP contribution in [0.1, 0.15) is 52.4 Å². The maximum absolute atomic E-state index is 6.08. The standard InChI is InChI=1S/C15H30N2/c1-12-5-3-7-14(9-12)15(10-16)17-8-4-6-13(2)11-17/h12-15H,3-11,16H2,1-2H3. The van der Waals surface area contributed by atoms with Crippen molar-refractivity contribution in [2.75, 3.05) is 19.6 Å². The van der Waals surface area contributed by atoms with Gasteiger partial charge in [0.25, 0.3) is 0 Å². The molecule has 100 valence electrons. The first-order chi connectivity index (χ1) is 8.20. The van der Waals surface area contributed by atoms with Crippen molar-refractivity contribution >= 4 is 0 Å². The van der Waals surface area contributed by atoms with Gasteiger partial charge in [0.15, 0.2) is 0 Å². The number of likely N-dealkylation sites (tertiary alicyclic amines) is 1. The van der Waals surface area contributed by atoms with Crippen molar-refractivity contribution in [3.63, 3.8) is 0 Å². The molecule has 2 rings (SSSR count). The van der Waals surface area contributed by atoms with Crippen molar-refractivity contribution in [2.24, 2.45) is 23.5 Å². The van der Waals surface area contributed by atoms with E-state index in [4.69, 9.17) is 5.73 Å². The molecule has 0 radical (unpaired) electrons. The molecule has 1 aliphatic heterocycles. The Hall–Kier alpha value is -0.0800. The van der Waals surface area contributed by atoms with Gasteiger partial charge in [0.1, 0.15) is 0 Å². The summed E-state index contributed by atoms with van der Waals surface area (Å²) in [6.07, 6.45) is 8.47. The molecular formula is C15H30N2. The zero-order valence-electron chi connectivity index (χ0n) is 11.7. The van der Waals surface area contributed by atoms with Crippen LogP contribution in [-0.2, 0) is 0 Å². The van der Waals surface area contributed by atoms with Gasteiger partial charge in [0.05, 0.1) is 0 Å². The van der Waals surface area contributed by atoms with Crippen molar-refractivity contribution < 1.29 is 0 Å². The monoisotopic (exact) mass is 238 g/mol. The number of nitrogens with two attached hydrogens (primary N) is 1. The molecule has 4 unspecified atom stereocenters. The molecule has 0 bridgehead atoms. The van der Waals surface area contributed by atoms with Gasteiger partial charge in [-0.1, -0.05) is 26.7 Å². The molecule has 17 heavy (non-hydrogen) atoms. The second kappa shape index (κ2) is 6.19. The number of rotatable bonds is 3. The largest absolute Gasteiger partial charge is 0.329 e. The van der Waals surface area contributed by atoms with Gasteiger partial charge in [-0.3, -0.25) is 4.90 Å². The Kier molecular flexibility index (Phi) is 4.87. The van der Waals surface area contributed by atoms with Crippen LogP contribution in [0.3, 0.4) is 0 Å². The normalized spacial score (nSPS) is 37.9. The highest BCUT2D eigenvalue weighted by Gasteiger charge is 2.31. The molecule has 0 aromatic heterocycles. The number of hydrogen-bond acceptors (Lipinski definition) is 2. The number of hydrogen-bond donors (Lipinski definition) is 1. The third-order valence-corrected chi connectivity index (χ3v) is 4.92. The Morgan fingerprint density at radius 2 is 1.88 bits per heavy atom. The van der Waals surface area contributed by atoms with Gasteiger partial charge in [0.2, 0.25) is 0 Å². The average molecular weight is 238 g/mol. The predicted molar refractivity (Wildman–Crippen MR) is 73.9 cm³/mol. The Bertz CT molecular complexity index is 207. The third kappa shape index (κ3) is 3.45. The minimum Gasteiger partial charge on any atom is -0.329 e. The molecule has 0 aromatic carbocycles. The summed E-state index contributed by atoms with van der Waals surface area (Å²) in [6, 6.07) is 0.667. The van der Waals surface area contributed by atoms with Crippen molar-refractivity contribution in [1.29, 1.82) is 0 Å². The first-order valence-electron chi connectivity index (χ1n) is 7.64. The van der Waals surface area contributed by atoms with Crippen LogP contribution in [0.5, 0.6) is 0 Å². The molecule has 0 amide bonds. The van der Waals surface area contributed by atoms with Crippen molar-refractivity contribution in [1.82, 2.24) is 4.90 Å². The fourth-order valence-electron chi connectivity index (χ4n) is 4.00. The summed E-state index contributed by atoms with van der Waals surface area (Å²) in [5.74, 6) is 2.66. The second-order valence-corrected chi connectivity index (χ2v) is 6.58. The molecule has 1 heterocycles. The first kappa shape index (κ1) is 13.4. The minimum atomic E-state index is 0.667. The molecule has 2 heteroatoms. The summed E-state index contributed by atoms with van der Waals surface area (Å²) >= 11 is 0. The molecule has 4 atom stereocenters. The van der Waals surface area contributed by atoms with Crippen LogP contribution in [0, 0.1) is 17.8 Å². The van der Waals surface area contributed by atoms with E-state index in [1.165, 1.54) is 51.6 Å². The van der Waals surface area contributed by atoms with Crippen LogP contribution < -0.4 is 5.73 Å².